The number of H-pyrrole nitrogens is 1. The first-order valence-corrected chi connectivity index (χ1v) is 7.89. The van der Waals surface area contributed by atoms with E-state index in [0.29, 0.717) is 4.64 Å². The summed E-state index contributed by atoms with van der Waals surface area (Å²) in [6.45, 7) is 7.00. The third kappa shape index (κ3) is 3.91. The Hall–Kier alpha value is -1.68. The minimum Gasteiger partial charge on any atom is -0.494 e. The van der Waals surface area contributed by atoms with Crippen molar-refractivity contribution >= 4 is 12.2 Å². The average Bonchev–Trinajstić information content (AvgIpc) is 2.49. The lowest BCUT2D eigenvalue weighted by Gasteiger charge is -2.10. The lowest BCUT2D eigenvalue weighted by Crippen LogP contribution is -2.00. The van der Waals surface area contributed by atoms with Crippen LogP contribution in [0.15, 0.2) is 24.3 Å². The Balaban J connectivity index is 2.34. The Labute approximate surface area is 131 Å². The zero-order chi connectivity index (χ0) is 15.2. The summed E-state index contributed by atoms with van der Waals surface area (Å²) in [6.07, 6.45) is 2.97. The van der Waals surface area contributed by atoms with Crippen molar-refractivity contribution in [3.8, 4) is 17.0 Å². The molecule has 0 aliphatic rings. The number of ether oxygens (including phenoxy) is 1. The Kier molecular flexibility index (Phi) is 5.51. The van der Waals surface area contributed by atoms with Crippen molar-refractivity contribution in [2.24, 2.45) is 0 Å². The molecule has 0 aliphatic heterocycles. The molecule has 1 heterocycles. The second-order valence-electron chi connectivity index (χ2n) is 5.11. The van der Waals surface area contributed by atoms with Gasteiger partial charge >= 0.3 is 0 Å². The molecule has 0 spiro atoms. The molecule has 0 atom stereocenters. The molecule has 1 N–H and O–H groups in total. The zero-order valence-electron chi connectivity index (χ0n) is 12.9. The van der Waals surface area contributed by atoms with Gasteiger partial charge in [0, 0.05) is 12.0 Å². The van der Waals surface area contributed by atoms with Crippen LogP contribution in [-0.2, 0) is 6.42 Å². The van der Waals surface area contributed by atoms with E-state index < -0.39 is 0 Å². The highest BCUT2D eigenvalue weighted by Crippen LogP contribution is 2.24. The van der Waals surface area contributed by atoms with E-state index in [9.17, 15) is 0 Å². The van der Waals surface area contributed by atoms with Crippen LogP contribution >= 0.6 is 12.2 Å². The summed E-state index contributed by atoms with van der Waals surface area (Å²) in [5.41, 5.74) is 3.19. The summed E-state index contributed by atoms with van der Waals surface area (Å²) in [5.74, 6) is 1.86. The van der Waals surface area contributed by atoms with Crippen LogP contribution < -0.4 is 4.74 Å². The topological polar surface area (TPSA) is 37.9 Å². The van der Waals surface area contributed by atoms with E-state index in [1.807, 2.05) is 19.1 Å². The van der Waals surface area contributed by atoms with Gasteiger partial charge in [0.05, 0.1) is 12.3 Å². The molecule has 0 amide bonds. The summed E-state index contributed by atoms with van der Waals surface area (Å²) in [4.78, 5) is 7.86. The van der Waals surface area contributed by atoms with Crippen LogP contribution in [0.4, 0.5) is 0 Å². The number of nitrogens with zero attached hydrogens (tertiary/aromatic N) is 1. The first-order valence-electron chi connectivity index (χ1n) is 7.48. The Bertz CT molecular complexity index is 647. The minimum absolute atomic E-state index is 0.679. The van der Waals surface area contributed by atoms with Crippen LogP contribution in [0.5, 0.6) is 5.75 Å². The molecule has 0 unspecified atom stereocenters. The van der Waals surface area contributed by atoms with Gasteiger partial charge in [-0.15, -0.1) is 0 Å². The molecule has 0 saturated heterocycles. The smallest absolute Gasteiger partial charge is 0.133 e. The number of benzene rings is 1. The predicted molar refractivity (Wildman–Crippen MR) is 89.4 cm³/mol. The molecular formula is C17H22N2OS. The summed E-state index contributed by atoms with van der Waals surface area (Å²) >= 11 is 5.37. The fourth-order valence-corrected chi connectivity index (χ4v) is 2.37. The first-order chi connectivity index (χ1) is 10.2. The molecule has 112 valence electrons. The number of nitrogens with one attached hydrogen (secondary N) is 1. The molecule has 0 bridgehead atoms. The monoisotopic (exact) mass is 302 g/mol. The third-order valence-electron chi connectivity index (χ3n) is 3.30. The van der Waals surface area contributed by atoms with Gasteiger partial charge in [-0.1, -0.05) is 26.1 Å². The van der Waals surface area contributed by atoms with Crippen molar-refractivity contribution < 1.29 is 4.74 Å². The highest BCUT2D eigenvalue weighted by atomic mass is 32.1. The van der Waals surface area contributed by atoms with Crippen LogP contribution in [0.25, 0.3) is 11.3 Å². The maximum absolute atomic E-state index is 5.62. The normalized spacial score (nSPS) is 10.6. The molecular weight excluding hydrogens is 280 g/mol. The number of hydrogen-bond donors (Lipinski definition) is 1. The Morgan fingerprint density at radius 3 is 2.48 bits per heavy atom. The lowest BCUT2D eigenvalue weighted by atomic mass is 10.1. The van der Waals surface area contributed by atoms with Crippen LogP contribution in [0.1, 0.15) is 38.1 Å². The van der Waals surface area contributed by atoms with Crippen LogP contribution in [0, 0.1) is 11.6 Å². The van der Waals surface area contributed by atoms with Crippen molar-refractivity contribution in [1.82, 2.24) is 9.97 Å². The summed E-state index contributed by atoms with van der Waals surface area (Å²) in [7, 11) is 0. The van der Waals surface area contributed by atoms with Crippen molar-refractivity contribution in [2.75, 3.05) is 6.61 Å². The van der Waals surface area contributed by atoms with E-state index in [1.165, 1.54) is 0 Å². The van der Waals surface area contributed by atoms with E-state index >= 15 is 0 Å². The summed E-state index contributed by atoms with van der Waals surface area (Å²) in [5, 5.41) is 0. The van der Waals surface area contributed by atoms with Gasteiger partial charge in [0.1, 0.15) is 16.2 Å². The molecule has 1 aromatic carbocycles. The van der Waals surface area contributed by atoms with Crippen molar-refractivity contribution in [3.63, 3.8) is 0 Å². The summed E-state index contributed by atoms with van der Waals surface area (Å²) < 4.78 is 6.30. The van der Waals surface area contributed by atoms with Crippen molar-refractivity contribution in [2.45, 2.75) is 40.0 Å². The van der Waals surface area contributed by atoms with Crippen LogP contribution in [0.2, 0.25) is 0 Å². The van der Waals surface area contributed by atoms with Crippen molar-refractivity contribution in [1.29, 1.82) is 0 Å². The SMILES string of the molecule is CCCOc1ccc(-c2[nH]c(CCC)nc(=S)c2C)cc1. The molecule has 1 aromatic heterocycles. The van der Waals surface area contributed by atoms with E-state index in [-0.39, 0.29) is 0 Å². The van der Waals surface area contributed by atoms with Crippen LogP contribution in [0.3, 0.4) is 0 Å². The molecule has 21 heavy (non-hydrogen) atoms. The van der Waals surface area contributed by atoms with Gasteiger partial charge in [0.2, 0.25) is 0 Å². The van der Waals surface area contributed by atoms with Crippen molar-refractivity contribution in [3.05, 3.63) is 40.3 Å². The van der Waals surface area contributed by atoms with E-state index in [2.05, 4.69) is 35.9 Å². The predicted octanol–water partition coefficient (Wildman–Crippen LogP) is 4.86. The second-order valence-corrected chi connectivity index (χ2v) is 5.50. The van der Waals surface area contributed by atoms with Gasteiger partial charge in [-0.05, 0) is 49.6 Å². The standard InChI is InChI=1S/C17H22N2OS/c1-4-6-15-18-16(12(3)17(21)19-15)13-7-9-14(10-8-13)20-11-5-2/h7-10H,4-6,11H2,1-3H3,(H,18,19,21). The number of rotatable bonds is 6. The Morgan fingerprint density at radius 1 is 1.14 bits per heavy atom. The maximum Gasteiger partial charge on any atom is 0.133 e. The van der Waals surface area contributed by atoms with E-state index in [0.717, 1.165) is 54.3 Å². The lowest BCUT2D eigenvalue weighted by molar-refractivity contribution is 0.317. The number of hydrogen-bond acceptors (Lipinski definition) is 3. The van der Waals surface area contributed by atoms with E-state index in [1.54, 1.807) is 0 Å². The average molecular weight is 302 g/mol. The second kappa shape index (κ2) is 7.36. The quantitative estimate of drug-likeness (QED) is 0.775. The van der Waals surface area contributed by atoms with Gasteiger partial charge < -0.3 is 9.72 Å². The zero-order valence-corrected chi connectivity index (χ0v) is 13.7. The first kappa shape index (κ1) is 15.7. The molecule has 4 heteroatoms. The van der Waals surface area contributed by atoms with Gasteiger partial charge in [0.15, 0.2) is 0 Å². The molecule has 2 rings (SSSR count). The fourth-order valence-electron chi connectivity index (χ4n) is 2.16. The highest BCUT2D eigenvalue weighted by Gasteiger charge is 2.07. The number of aryl methyl sites for hydroxylation is 1. The van der Waals surface area contributed by atoms with Gasteiger partial charge in [0.25, 0.3) is 0 Å². The maximum atomic E-state index is 5.62. The van der Waals surface area contributed by atoms with Gasteiger partial charge in [-0.25, -0.2) is 4.98 Å². The minimum atomic E-state index is 0.679. The molecule has 0 radical (unpaired) electrons. The molecule has 2 aromatic rings. The fraction of sp³-hybridized carbons (Fsp3) is 0.412. The largest absolute Gasteiger partial charge is 0.494 e. The molecule has 0 aliphatic carbocycles. The highest BCUT2D eigenvalue weighted by molar-refractivity contribution is 7.71. The van der Waals surface area contributed by atoms with Crippen LogP contribution in [-0.4, -0.2) is 16.6 Å². The van der Waals surface area contributed by atoms with Gasteiger partial charge in [-0.2, -0.15) is 0 Å². The van der Waals surface area contributed by atoms with E-state index in [4.69, 9.17) is 17.0 Å². The molecule has 0 fully saturated rings. The number of aromatic amines is 1. The number of aromatic nitrogens is 2. The molecule has 0 saturated carbocycles. The molecule has 3 nitrogen and oxygen atoms in total. The third-order valence-corrected chi connectivity index (χ3v) is 3.70. The summed E-state index contributed by atoms with van der Waals surface area (Å²) in [6, 6.07) is 8.13. The van der Waals surface area contributed by atoms with Gasteiger partial charge in [-0.3, -0.25) is 0 Å². The Morgan fingerprint density at radius 2 is 1.86 bits per heavy atom.